The molecule has 2 aliphatic heterocycles. The van der Waals surface area contributed by atoms with Gasteiger partial charge in [-0.25, -0.2) is 0 Å². The number of carbonyl (C=O) groups excluding carboxylic acids is 1. The Morgan fingerprint density at radius 2 is 1.01 bits per heavy atom. The van der Waals surface area contributed by atoms with Gasteiger partial charge in [0.1, 0.15) is 34.2 Å². The summed E-state index contributed by atoms with van der Waals surface area (Å²) in [7, 11) is 4.28. The summed E-state index contributed by atoms with van der Waals surface area (Å²) in [5.41, 5.74) is 23.5. The van der Waals surface area contributed by atoms with Gasteiger partial charge in [0.25, 0.3) is 0 Å². The molecule has 4 aliphatic rings. The molecule has 17 heteroatoms. The first-order valence-corrected chi connectivity index (χ1v) is 23.9. The largest absolute Gasteiger partial charge is 1.00 e. The number of nitrogens with two attached hydrogens (primary N) is 2. The van der Waals surface area contributed by atoms with Gasteiger partial charge >= 0.3 is 41.5 Å². The molecule has 0 radical (unpaired) electrons. The zero-order chi connectivity index (χ0) is 52.2. The van der Waals surface area contributed by atoms with Gasteiger partial charge in [-0.1, -0.05) is 7.43 Å². The normalized spacial score (nSPS) is 10.5. The number of anilines is 4. The average molecular weight is 1040 g/mol. The van der Waals surface area contributed by atoms with E-state index in [2.05, 4.69) is 35.8 Å². The number of aliphatic hydroxyl groups is 1. The van der Waals surface area contributed by atoms with Crippen LogP contribution in [-0.2, 0) is 14.3 Å². The van der Waals surface area contributed by atoms with Crippen LogP contribution in [0.2, 0.25) is 0 Å². The molecule has 0 aromatic heterocycles. The van der Waals surface area contributed by atoms with Gasteiger partial charge in [-0.15, -0.1) is 0 Å². The molecule has 394 valence electrons. The molecule has 4 aromatic rings. The first-order chi connectivity index (χ1) is 34.7. The van der Waals surface area contributed by atoms with Gasteiger partial charge in [-0.2, -0.15) is 0 Å². The van der Waals surface area contributed by atoms with Crippen LogP contribution in [0.25, 0.3) is 66.8 Å². The minimum atomic E-state index is -0.796. The fourth-order valence-electron chi connectivity index (χ4n) is 9.09. The van der Waals surface area contributed by atoms with E-state index in [1.54, 1.807) is 44.6 Å². The maximum Gasteiger partial charge on any atom is 1.00 e. The number of hydrogen-bond donors (Lipinski definition) is 4. The number of ether oxygens (including phenoxy) is 3. The number of benzene rings is 6. The summed E-state index contributed by atoms with van der Waals surface area (Å²) in [6, 6.07) is 28.9. The summed E-state index contributed by atoms with van der Waals surface area (Å²) in [6.45, 7) is 13.3. The Bertz CT molecular complexity index is 3260. The molecule has 2 heterocycles. The van der Waals surface area contributed by atoms with E-state index in [1.807, 2.05) is 57.2 Å². The van der Waals surface area contributed by atoms with E-state index in [0.29, 0.717) is 78.0 Å². The van der Waals surface area contributed by atoms with Crippen molar-refractivity contribution in [3.05, 3.63) is 129 Å². The molecule has 0 spiro atoms. The second kappa shape index (κ2) is 28.6. The number of carbonyl (C=O) groups is 2. The summed E-state index contributed by atoms with van der Waals surface area (Å²) < 4.78 is 28.9. The van der Waals surface area contributed by atoms with Crippen molar-refractivity contribution in [3.63, 3.8) is 0 Å². The van der Waals surface area contributed by atoms with Gasteiger partial charge in [0, 0.05) is 149 Å². The topological polar surface area (TPSA) is 251 Å². The van der Waals surface area contributed by atoms with Crippen LogP contribution in [0.5, 0.6) is 11.5 Å². The molecule has 16 nitrogen and oxygen atoms in total. The van der Waals surface area contributed by atoms with Crippen molar-refractivity contribution in [3.8, 4) is 56.4 Å². The standard InChI is InChI=1S/C29H32N2O5.C27H28N2O5.CH4O.CH4.Na.H2O/c1-5-31(13-7-8-28(33)35-6-2)24-17-25(34-4)23(14-18(24)3)29-21-11-9-19(30)15-26(21)36-27-16-20(32)10-12-22(27)29;1-4-29(11-5-6-26(31)32)22-15-23(33-3)21(12-16(22)2)27-19-9-7-17(28)13-24(19)34-25-14-18(30)8-10-20(25)27;1-2;;;/h9-12,14-17H,5-8,13,30H2,1-4H3;7-10,12-15H,4-6,11,28H2,1-3H3,(H,31,32);2H,1H3;1H4;;1H2/q;;;;+1;/p-1. The van der Waals surface area contributed by atoms with E-state index >= 15 is 0 Å². The fourth-order valence-corrected chi connectivity index (χ4v) is 9.09. The van der Waals surface area contributed by atoms with Gasteiger partial charge in [-0.3, -0.25) is 19.2 Å². The molecule has 0 bridgehead atoms. The number of carboxylic acid groups (broad SMARTS) is 1. The van der Waals surface area contributed by atoms with Crippen LogP contribution in [0.3, 0.4) is 0 Å². The number of nitrogen functional groups attached to an aromatic ring is 2. The molecule has 0 atom stereocenters. The second-order valence-corrected chi connectivity index (χ2v) is 17.0. The summed E-state index contributed by atoms with van der Waals surface area (Å²) in [5, 5.41) is 17.7. The molecule has 0 amide bonds. The fraction of sp³-hybridized carbons (Fsp3) is 0.310. The number of aliphatic hydroxyl groups excluding tert-OH is 1. The summed E-state index contributed by atoms with van der Waals surface area (Å²) in [5.74, 6) is 1.39. The number of aliphatic carboxylic acids is 1. The van der Waals surface area contributed by atoms with Crippen LogP contribution in [0.4, 0.5) is 22.7 Å². The van der Waals surface area contributed by atoms with Crippen LogP contribution in [0.1, 0.15) is 65.0 Å². The number of fused-ring (bicyclic) bond motifs is 4. The van der Waals surface area contributed by atoms with Crippen LogP contribution in [-0.4, -0.2) is 81.7 Å². The van der Waals surface area contributed by atoms with Crippen molar-refractivity contribution in [2.24, 2.45) is 0 Å². The van der Waals surface area contributed by atoms with Crippen molar-refractivity contribution in [2.75, 3.05) is 75.4 Å². The van der Waals surface area contributed by atoms with Crippen LogP contribution >= 0.6 is 0 Å². The van der Waals surface area contributed by atoms with E-state index in [0.717, 1.165) is 93.4 Å². The van der Waals surface area contributed by atoms with Crippen LogP contribution in [0, 0.1) is 13.8 Å². The Hall–Kier alpha value is -7.08. The maximum absolute atomic E-state index is 12.1. The van der Waals surface area contributed by atoms with Gasteiger partial charge < -0.3 is 60.0 Å². The number of esters is 1. The molecular formula is C58H69N4NaO12. The first kappa shape index (κ1) is 62.2. The number of nitrogens with zero attached hydrogens (tertiary/aromatic N) is 2. The molecule has 8 rings (SSSR count). The molecule has 0 saturated heterocycles. The Balaban J connectivity index is 0.000000369. The molecule has 75 heavy (non-hydrogen) atoms. The second-order valence-electron chi connectivity index (χ2n) is 17.0. The quantitative estimate of drug-likeness (QED) is 0.0293. The van der Waals surface area contributed by atoms with E-state index in [-0.39, 0.29) is 65.7 Å². The number of hydrogen-bond acceptors (Lipinski definition) is 15. The number of rotatable bonds is 17. The number of aryl methyl sites for hydroxylation is 2. The van der Waals surface area contributed by atoms with Crippen molar-refractivity contribution in [1.29, 1.82) is 0 Å². The van der Waals surface area contributed by atoms with Gasteiger partial charge in [-0.05, 0) is 119 Å². The predicted octanol–water partition coefficient (Wildman–Crippen LogP) is 7.86. The summed E-state index contributed by atoms with van der Waals surface area (Å²) >= 11 is 0. The zero-order valence-electron chi connectivity index (χ0n) is 43.7. The third kappa shape index (κ3) is 14.4. The molecule has 0 unspecified atom stereocenters. The van der Waals surface area contributed by atoms with E-state index in [1.165, 1.54) is 18.2 Å². The summed E-state index contributed by atoms with van der Waals surface area (Å²) in [6.07, 6.45) is 1.77. The number of methoxy groups -OCH3 is 2. The van der Waals surface area contributed by atoms with E-state index < -0.39 is 5.97 Å². The smallest absolute Gasteiger partial charge is 0.870 e. The maximum atomic E-state index is 12.1. The molecule has 0 fully saturated rings. The Morgan fingerprint density at radius 3 is 1.39 bits per heavy atom. The average Bonchev–Trinajstić information content (AvgIpc) is 3.36. The minimum Gasteiger partial charge on any atom is -0.870 e. The SMILES string of the molecule is C.CCN(CCCC(=O)O)c1cc(OC)c(-c2c3ccc(=O)cc-3oc3cc(N)ccc23)cc1C.CCOC(=O)CCCN(CC)c1cc(OC)c(-c2c3ccc(=O)cc-3oc3cc(N)ccc23)cc1C.CO.[Na+].[OH-]. The third-order valence-electron chi connectivity index (χ3n) is 12.4. The summed E-state index contributed by atoms with van der Waals surface area (Å²) in [4.78, 5) is 51.3. The zero-order valence-corrected chi connectivity index (χ0v) is 45.7. The van der Waals surface area contributed by atoms with E-state index in [9.17, 15) is 19.2 Å². The van der Waals surface area contributed by atoms with Crippen molar-refractivity contribution in [2.45, 2.75) is 67.7 Å². The molecule has 2 aliphatic carbocycles. The third-order valence-corrected chi connectivity index (χ3v) is 12.4. The molecule has 4 aromatic carbocycles. The Kier molecular flexibility index (Phi) is 23.7. The molecule has 7 N–H and O–H groups in total. The van der Waals surface area contributed by atoms with Crippen molar-refractivity contribution < 1.29 is 77.9 Å². The van der Waals surface area contributed by atoms with Gasteiger partial charge in [0.15, 0.2) is 10.9 Å². The minimum absolute atomic E-state index is 0. The Morgan fingerprint density at radius 1 is 0.600 bits per heavy atom. The van der Waals surface area contributed by atoms with Crippen molar-refractivity contribution in [1.82, 2.24) is 0 Å². The van der Waals surface area contributed by atoms with Crippen LogP contribution < -0.4 is 71.2 Å². The van der Waals surface area contributed by atoms with Crippen molar-refractivity contribution >= 4 is 56.6 Å². The van der Waals surface area contributed by atoms with E-state index in [4.69, 9.17) is 44.7 Å². The Labute approximate surface area is 460 Å². The van der Waals surface area contributed by atoms with Gasteiger partial charge in [0.2, 0.25) is 0 Å². The first-order valence-electron chi connectivity index (χ1n) is 23.9. The molecule has 0 saturated carbocycles. The van der Waals surface area contributed by atoms with Crippen LogP contribution in [0.15, 0.2) is 115 Å². The molecular weight excluding hydrogens is 968 g/mol. The van der Waals surface area contributed by atoms with Gasteiger partial charge in [0.05, 0.1) is 20.8 Å². The predicted molar refractivity (Wildman–Crippen MR) is 296 cm³/mol. The monoisotopic (exact) mass is 1040 g/mol. The number of carboxylic acids is 1.